The molecule has 0 fully saturated rings. The molecule has 0 aliphatic rings. The van der Waals surface area contributed by atoms with E-state index in [1.54, 1.807) is 24.6 Å². The average molecular weight is 620 g/mol. The van der Waals surface area contributed by atoms with Crippen molar-refractivity contribution in [1.29, 1.82) is 0 Å². The van der Waals surface area contributed by atoms with Crippen LogP contribution >= 0.6 is 20.8 Å². The van der Waals surface area contributed by atoms with Crippen molar-refractivity contribution < 1.29 is 0 Å². The second kappa shape index (κ2) is 28.0. The summed E-state index contributed by atoms with van der Waals surface area (Å²) in [5, 5.41) is -1.76. The first kappa shape index (κ1) is 38.9. The van der Waals surface area contributed by atoms with Crippen LogP contribution in [-0.4, -0.2) is 24.6 Å². The van der Waals surface area contributed by atoms with E-state index in [0.717, 1.165) is 0 Å². The van der Waals surface area contributed by atoms with E-state index >= 15 is 0 Å². The fourth-order valence-electron chi connectivity index (χ4n) is 6.53. The van der Waals surface area contributed by atoms with E-state index in [9.17, 15) is 0 Å². The average Bonchev–Trinajstić information content (AvgIpc) is 2.92. The predicted octanol–water partition coefficient (Wildman–Crippen LogP) is 14.9. The molecule has 0 bridgehead atoms. The van der Waals surface area contributed by atoms with Gasteiger partial charge in [0.25, 0.3) is 0 Å². The van der Waals surface area contributed by atoms with Crippen molar-refractivity contribution in [2.45, 2.75) is 207 Å². The summed E-state index contributed by atoms with van der Waals surface area (Å²) in [5.74, 6) is 0. The van der Waals surface area contributed by atoms with E-state index in [1.165, 1.54) is 180 Å². The molecule has 0 N–H and O–H groups in total. The van der Waals surface area contributed by atoms with Crippen LogP contribution < -0.4 is 0 Å². The summed E-state index contributed by atoms with van der Waals surface area (Å²) in [6.45, 7) is 9.38. The van der Waals surface area contributed by atoms with Gasteiger partial charge in [0, 0.05) is 0 Å². The normalized spacial score (nSPS) is 13.1. The molecular weight excluding hydrogens is 543 g/mol. The van der Waals surface area contributed by atoms with Crippen molar-refractivity contribution in [1.82, 2.24) is 0 Å². The summed E-state index contributed by atoms with van der Waals surface area (Å²) in [6, 6.07) is 0. The van der Waals surface area contributed by atoms with Gasteiger partial charge in [0.15, 0.2) is 0 Å². The third-order valence-electron chi connectivity index (χ3n) is 9.28. The minimum absolute atomic E-state index is 1.37. The molecule has 0 aromatic carbocycles. The zero-order valence-electron chi connectivity index (χ0n) is 27.5. The van der Waals surface area contributed by atoms with Gasteiger partial charge in [-0.15, -0.1) is 0 Å². The first-order chi connectivity index (χ1) is 18.5. The Bertz CT molecular complexity index is 422. The van der Waals surface area contributed by atoms with E-state index in [0.29, 0.717) is 0 Å². The molecule has 0 saturated carbocycles. The van der Waals surface area contributed by atoms with Crippen LogP contribution in [0.4, 0.5) is 0 Å². The Balaban J connectivity index is 4.72. The molecule has 0 aliphatic heterocycles. The summed E-state index contributed by atoms with van der Waals surface area (Å²) in [5.41, 5.74) is 0. The molecule has 0 amide bonds. The number of halogens is 1. The van der Waals surface area contributed by atoms with Gasteiger partial charge in [0.1, 0.15) is 0 Å². The van der Waals surface area contributed by atoms with Crippen LogP contribution in [0.2, 0.25) is 0 Å². The van der Waals surface area contributed by atoms with Gasteiger partial charge in [0.05, 0.1) is 0 Å². The van der Waals surface area contributed by atoms with Crippen molar-refractivity contribution in [3.63, 3.8) is 0 Å². The maximum atomic E-state index is 4.76. The standard InChI is InChI=1S/C36H76BrP/c1-5-9-13-17-19-21-23-25-27-31-35-38(37,33-29-15-11-7-3,34-30-16-12-8-4)36-32-28-26-24-22-20-18-14-10-6-2/h5-36H2,1-4H3. The first-order valence-corrected chi connectivity index (χ1v) is 23.3. The van der Waals surface area contributed by atoms with Gasteiger partial charge in [-0.25, -0.2) is 0 Å². The van der Waals surface area contributed by atoms with Gasteiger partial charge in [0.2, 0.25) is 0 Å². The molecule has 0 unspecified atom stereocenters. The fraction of sp³-hybridized carbons (Fsp3) is 1.00. The van der Waals surface area contributed by atoms with Gasteiger partial charge in [-0.2, -0.15) is 0 Å². The molecule has 232 valence electrons. The molecule has 0 aromatic heterocycles. The SMILES string of the molecule is CCCCCCCCCCCCP(Br)(CCCCCC)(CCCCCC)CCCCCCCCCCCC. The van der Waals surface area contributed by atoms with Crippen molar-refractivity contribution in [3.8, 4) is 0 Å². The topological polar surface area (TPSA) is 0 Å². The minimum atomic E-state index is -1.76. The number of hydrogen-bond acceptors (Lipinski definition) is 0. The fourth-order valence-corrected chi connectivity index (χ4v) is 14.9. The van der Waals surface area contributed by atoms with E-state index in [-0.39, 0.29) is 0 Å². The second-order valence-corrected chi connectivity index (χ2v) is 24.6. The number of hydrogen-bond donors (Lipinski definition) is 0. The third kappa shape index (κ3) is 23.6. The summed E-state index contributed by atoms with van der Waals surface area (Å²) in [6.07, 6.45) is 47.0. The predicted molar refractivity (Wildman–Crippen MR) is 187 cm³/mol. The molecule has 0 rings (SSSR count). The van der Waals surface area contributed by atoms with E-state index < -0.39 is 5.31 Å². The van der Waals surface area contributed by atoms with Crippen LogP contribution in [0.3, 0.4) is 0 Å². The van der Waals surface area contributed by atoms with Crippen LogP contribution in [0.5, 0.6) is 0 Å². The zero-order valence-corrected chi connectivity index (χ0v) is 29.9. The Morgan fingerprint density at radius 1 is 0.263 bits per heavy atom. The molecule has 0 aliphatic carbocycles. The van der Waals surface area contributed by atoms with Crippen molar-refractivity contribution >= 4 is 20.8 Å². The Kier molecular flexibility index (Phi) is 28.7. The van der Waals surface area contributed by atoms with Crippen LogP contribution in [0.15, 0.2) is 0 Å². The maximum absolute atomic E-state index is 4.76. The van der Waals surface area contributed by atoms with Gasteiger partial charge in [-0.1, -0.05) is 0 Å². The molecular formula is C36H76BrP. The molecule has 0 heterocycles. The summed E-state index contributed by atoms with van der Waals surface area (Å²) in [7, 11) is 0. The molecule has 0 saturated heterocycles. The molecule has 0 radical (unpaired) electrons. The van der Waals surface area contributed by atoms with Crippen LogP contribution in [0.25, 0.3) is 0 Å². The summed E-state index contributed by atoms with van der Waals surface area (Å²) < 4.78 is 0. The Morgan fingerprint density at radius 3 is 0.632 bits per heavy atom. The monoisotopic (exact) mass is 618 g/mol. The van der Waals surface area contributed by atoms with E-state index in [2.05, 4.69) is 27.7 Å². The van der Waals surface area contributed by atoms with Gasteiger partial charge < -0.3 is 0 Å². The van der Waals surface area contributed by atoms with Gasteiger partial charge >= 0.3 is 253 Å². The first-order valence-electron chi connectivity index (χ1n) is 18.3. The molecule has 38 heavy (non-hydrogen) atoms. The summed E-state index contributed by atoms with van der Waals surface area (Å²) >= 11 is 4.76. The summed E-state index contributed by atoms with van der Waals surface area (Å²) in [4.78, 5) is 0. The Morgan fingerprint density at radius 2 is 0.421 bits per heavy atom. The quantitative estimate of drug-likeness (QED) is 0.0519. The second-order valence-electron chi connectivity index (χ2n) is 13.2. The van der Waals surface area contributed by atoms with Crippen molar-refractivity contribution in [3.05, 3.63) is 0 Å². The van der Waals surface area contributed by atoms with Crippen LogP contribution in [0.1, 0.15) is 207 Å². The van der Waals surface area contributed by atoms with Crippen LogP contribution in [-0.2, 0) is 0 Å². The van der Waals surface area contributed by atoms with E-state index in [1.807, 2.05) is 0 Å². The molecule has 2 heteroatoms. The molecule has 0 aromatic rings. The van der Waals surface area contributed by atoms with Crippen LogP contribution in [0, 0.1) is 0 Å². The van der Waals surface area contributed by atoms with Crippen molar-refractivity contribution in [2.75, 3.05) is 24.6 Å². The van der Waals surface area contributed by atoms with Crippen molar-refractivity contribution in [2.24, 2.45) is 0 Å². The van der Waals surface area contributed by atoms with Gasteiger partial charge in [-0.05, 0) is 0 Å². The Hall–Kier alpha value is 0.910. The van der Waals surface area contributed by atoms with Gasteiger partial charge in [-0.3, -0.25) is 0 Å². The molecule has 0 nitrogen and oxygen atoms in total. The number of unbranched alkanes of at least 4 members (excludes halogenated alkanes) is 24. The third-order valence-corrected chi connectivity index (χ3v) is 19.3. The Labute approximate surface area is 252 Å². The molecule has 0 atom stereocenters. The zero-order chi connectivity index (χ0) is 28.1. The van der Waals surface area contributed by atoms with E-state index in [4.69, 9.17) is 15.5 Å². The molecule has 0 spiro atoms. The number of rotatable bonds is 32.